The van der Waals surface area contributed by atoms with Gasteiger partial charge in [-0.1, -0.05) is 31.2 Å². The highest BCUT2D eigenvalue weighted by atomic mass is 16.1. The van der Waals surface area contributed by atoms with E-state index in [1.54, 1.807) is 0 Å². The van der Waals surface area contributed by atoms with Gasteiger partial charge in [-0.25, -0.2) is 0 Å². The molecule has 2 heteroatoms. The van der Waals surface area contributed by atoms with E-state index in [1.807, 2.05) is 0 Å². The van der Waals surface area contributed by atoms with E-state index in [1.165, 1.54) is 11.1 Å². The SMILES string of the molecule is CCc1ccc(CCC(=O)CCN)cc1. The van der Waals surface area contributed by atoms with Crippen LogP contribution in [0.5, 0.6) is 0 Å². The Kier molecular flexibility index (Phi) is 5.05. The van der Waals surface area contributed by atoms with Crippen molar-refractivity contribution in [1.29, 1.82) is 0 Å². The Balaban J connectivity index is 2.40. The third-order valence-electron chi connectivity index (χ3n) is 2.55. The molecule has 0 saturated heterocycles. The lowest BCUT2D eigenvalue weighted by Crippen LogP contribution is -2.08. The third kappa shape index (κ3) is 4.26. The summed E-state index contributed by atoms with van der Waals surface area (Å²) in [6, 6.07) is 8.47. The van der Waals surface area contributed by atoms with Crippen LogP contribution < -0.4 is 5.73 Å². The molecule has 0 amide bonds. The molecule has 15 heavy (non-hydrogen) atoms. The van der Waals surface area contributed by atoms with Gasteiger partial charge in [-0.2, -0.15) is 0 Å². The number of ketones is 1. The van der Waals surface area contributed by atoms with Crippen molar-refractivity contribution in [3.63, 3.8) is 0 Å². The minimum Gasteiger partial charge on any atom is -0.330 e. The molecule has 1 aromatic carbocycles. The summed E-state index contributed by atoms with van der Waals surface area (Å²) in [5.41, 5.74) is 7.89. The summed E-state index contributed by atoms with van der Waals surface area (Å²) in [5, 5.41) is 0. The molecule has 82 valence electrons. The van der Waals surface area contributed by atoms with Gasteiger partial charge in [-0.3, -0.25) is 4.79 Å². The van der Waals surface area contributed by atoms with Crippen LogP contribution in [0, 0.1) is 0 Å². The van der Waals surface area contributed by atoms with Crippen LogP contribution in [-0.2, 0) is 17.6 Å². The Labute approximate surface area is 91.5 Å². The molecule has 2 N–H and O–H groups in total. The van der Waals surface area contributed by atoms with E-state index in [4.69, 9.17) is 5.73 Å². The van der Waals surface area contributed by atoms with Gasteiger partial charge in [0.1, 0.15) is 5.78 Å². The minimum atomic E-state index is 0.261. The average molecular weight is 205 g/mol. The summed E-state index contributed by atoms with van der Waals surface area (Å²) in [6.45, 7) is 2.60. The molecule has 1 aromatic rings. The zero-order valence-electron chi connectivity index (χ0n) is 9.33. The Morgan fingerprint density at radius 2 is 1.73 bits per heavy atom. The fourth-order valence-corrected chi connectivity index (χ4v) is 1.51. The zero-order chi connectivity index (χ0) is 11.1. The molecule has 0 unspecified atom stereocenters. The van der Waals surface area contributed by atoms with Crippen molar-refractivity contribution >= 4 is 5.78 Å². The van der Waals surface area contributed by atoms with E-state index < -0.39 is 0 Å². The maximum absolute atomic E-state index is 11.3. The molecule has 0 atom stereocenters. The van der Waals surface area contributed by atoms with Crippen LogP contribution in [0.2, 0.25) is 0 Å². The van der Waals surface area contributed by atoms with Crippen LogP contribution >= 0.6 is 0 Å². The first-order chi connectivity index (χ1) is 7.26. The number of hydrogen-bond donors (Lipinski definition) is 1. The number of hydrogen-bond acceptors (Lipinski definition) is 2. The fraction of sp³-hybridized carbons (Fsp3) is 0.462. The number of Topliss-reactive ketones (excluding diaryl/α,β-unsaturated/α-hetero) is 1. The third-order valence-corrected chi connectivity index (χ3v) is 2.55. The topological polar surface area (TPSA) is 43.1 Å². The maximum Gasteiger partial charge on any atom is 0.134 e. The van der Waals surface area contributed by atoms with Gasteiger partial charge in [0.05, 0.1) is 0 Å². The highest BCUT2D eigenvalue weighted by molar-refractivity contribution is 5.78. The van der Waals surface area contributed by atoms with Gasteiger partial charge >= 0.3 is 0 Å². The normalized spacial score (nSPS) is 10.3. The Bertz CT molecular complexity index is 303. The second-order valence-corrected chi connectivity index (χ2v) is 3.75. The number of rotatable bonds is 6. The van der Waals surface area contributed by atoms with Gasteiger partial charge in [-0.15, -0.1) is 0 Å². The van der Waals surface area contributed by atoms with Gasteiger partial charge in [0.15, 0.2) is 0 Å². The molecule has 2 nitrogen and oxygen atoms in total. The van der Waals surface area contributed by atoms with Crippen LogP contribution in [0.25, 0.3) is 0 Å². The van der Waals surface area contributed by atoms with Crippen molar-refractivity contribution in [2.45, 2.75) is 32.6 Å². The van der Waals surface area contributed by atoms with E-state index in [9.17, 15) is 4.79 Å². The van der Waals surface area contributed by atoms with Gasteiger partial charge in [-0.05, 0) is 30.5 Å². The molecular weight excluding hydrogens is 186 g/mol. The zero-order valence-corrected chi connectivity index (χ0v) is 9.33. The lowest BCUT2D eigenvalue weighted by molar-refractivity contribution is -0.118. The molecular formula is C13H19NO. The van der Waals surface area contributed by atoms with Crippen LogP contribution in [0.3, 0.4) is 0 Å². The van der Waals surface area contributed by atoms with Crippen molar-refractivity contribution in [3.8, 4) is 0 Å². The van der Waals surface area contributed by atoms with Crippen LogP contribution in [0.15, 0.2) is 24.3 Å². The first kappa shape index (κ1) is 11.9. The minimum absolute atomic E-state index is 0.261. The Morgan fingerprint density at radius 3 is 2.27 bits per heavy atom. The molecule has 0 bridgehead atoms. The highest BCUT2D eigenvalue weighted by Gasteiger charge is 2.01. The molecule has 0 aliphatic carbocycles. The highest BCUT2D eigenvalue weighted by Crippen LogP contribution is 2.07. The Morgan fingerprint density at radius 1 is 1.13 bits per heavy atom. The van der Waals surface area contributed by atoms with Crippen molar-refractivity contribution in [2.75, 3.05) is 6.54 Å². The monoisotopic (exact) mass is 205 g/mol. The van der Waals surface area contributed by atoms with E-state index in [0.29, 0.717) is 19.4 Å². The molecule has 0 fully saturated rings. The van der Waals surface area contributed by atoms with Crippen LogP contribution in [0.4, 0.5) is 0 Å². The number of benzene rings is 1. The average Bonchev–Trinajstić information content (AvgIpc) is 2.27. The van der Waals surface area contributed by atoms with E-state index in [0.717, 1.165) is 12.8 Å². The van der Waals surface area contributed by atoms with E-state index in [2.05, 4.69) is 31.2 Å². The first-order valence-corrected chi connectivity index (χ1v) is 5.56. The molecule has 0 aromatic heterocycles. The predicted octanol–water partition coefficient (Wildman–Crippen LogP) is 2.10. The molecule has 0 aliphatic heterocycles. The summed E-state index contributed by atoms with van der Waals surface area (Å²) in [5.74, 6) is 0.261. The lowest BCUT2D eigenvalue weighted by atomic mass is 10.0. The van der Waals surface area contributed by atoms with Crippen molar-refractivity contribution in [1.82, 2.24) is 0 Å². The van der Waals surface area contributed by atoms with Gasteiger partial charge in [0, 0.05) is 12.8 Å². The standard InChI is InChI=1S/C13H19NO/c1-2-11-3-5-12(6-4-11)7-8-13(15)9-10-14/h3-6H,2,7-10,14H2,1H3. The summed E-state index contributed by atoms with van der Waals surface area (Å²) >= 11 is 0. The van der Waals surface area contributed by atoms with Crippen LogP contribution in [-0.4, -0.2) is 12.3 Å². The van der Waals surface area contributed by atoms with Crippen molar-refractivity contribution in [2.24, 2.45) is 5.73 Å². The van der Waals surface area contributed by atoms with Gasteiger partial charge in [0.25, 0.3) is 0 Å². The first-order valence-electron chi connectivity index (χ1n) is 5.56. The predicted molar refractivity (Wildman–Crippen MR) is 62.8 cm³/mol. The summed E-state index contributed by atoms with van der Waals surface area (Å²) in [4.78, 5) is 11.3. The number of nitrogens with two attached hydrogens (primary N) is 1. The summed E-state index contributed by atoms with van der Waals surface area (Å²) in [7, 11) is 0. The second kappa shape index (κ2) is 6.36. The Hall–Kier alpha value is -1.15. The largest absolute Gasteiger partial charge is 0.330 e. The number of aryl methyl sites for hydroxylation is 2. The van der Waals surface area contributed by atoms with E-state index in [-0.39, 0.29) is 5.78 Å². The van der Waals surface area contributed by atoms with Crippen molar-refractivity contribution < 1.29 is 4.79 Å². The fourth-order valence-electron chi connectivity index (χ4n) is 1.51. The van der Waals surface area contributed by atoms with E-state index >= 15 is 0 Å². The molecule has 0 heterocycles. The maximum atomic E-state index is 11.3. The number of carbonyl (C=O) groups is 1. The summed E-state index contributed by atoms with van der Waals surface area (Å²) in [6.07, 6.45) is 3.02. The molecule has 0 spiro atoms. The second-order valence-electron chi connectivity index (χ2n) is 3.75. The quantitative estimate of drug-likeness (QED) is 0.772. The smallest absolute Gasteiger partial charge is 0.134 e. The number of carbonyl (C=O) groups excluding carboxylic acids is 1. The molecule has 1 rings (SSSR count). The molecule has 0 radical (unpaired) electrons. The lowest BCUT2D eigenvalue weighted by Gasteiger charge is -2.02. The van der Waals surface area contributed by atoms with Crippen LogP contribution in [0.1, 0.15) is 30.9 Å². The summed E-state index contributed by atoms with van der Waals surface area (Å²) < 4.78 is 0. The van der Waals surface area contributed by atoms with Gasteiger partial charge < -0.3 is 5.73 Å². The molecule has 0 saturated carbocycles. The molecule has 0 aliphatic rings. The van der Waals surface area contributed by atoms with Crippen molar-refractivity contribution in [3.05, 3.63) is 35.4 Å². The van der Waals surface area contributed by atoms with Gasteiger partial charge in [0.2, 0.25) is 0 Å².